The Kier molecular flexibility index (Phi) is 6.34. The zero-order chi connectivity index (χ0) is 23.7. The second-order valence-electron chi connectivity index (χ2n) is 8.42. The summed E-state index contributed by atoms with van der Waals surface area (Å²) in [6.45, 7) is 7.44. The number of imidazole rings is 1. The van der Waals surface area contributed by atoms with E-state index < -0.39 is 10.0 Å². The standard InChI is InChI=1S/C21H29N9O3S/c1-2-34(31,32)30-5-3-27(4-6-30)13-17-14-29-15-18(16-11-23-21(22)24-12-16)26-20(19(29)25-17)28-7-9-33-10-8-28/h11-12,14-15H,2-10,13H2,1H3,(H2,22,23,24). The van der Waals surface area contributed by atoms with Crippen molar-refractivity contribution in [2.45, 2.75) is 13.5 Å². The number of nitrogens with zero attached hydrogens (tertiary/aromatic N) is 8. The highest BCUT2D eigenvalue weighted by molar-refractivity contribution is 7.89. The van der Waals surface area contributed by atoms with E-state index in [1.807, 2.05) is 16.8 Å². The van der Waals surface area contributed by atoms with Gasteiger partial charge in [0.25, 0.3) is 0 Å². The second kappa shape index (κ2) is 9.41. The maximum atomic E-state index is 12.1. The van der Waals surface area contributed by atoms with Crippen LogP contribution in [0.2, 0.25) is 0 Å². The Morgan fingerprint density at radius 3 is 2.38 bits per heavy atom. The van der Waals surface area contributed by atoms with Crippen molar-refractivity contribution in [1.82, 2.24) is 33.5 Å². The van der Waals surface area contributed by atoms with Crippen LogP contribution >= 0.6 is 0 Å². The highest BCUT2D eigenvalue weighted by atomic mass is 32.2. The molecule has 0 saturated carbocycles. The zero-order valence-electron chi connectivity index (χ0n) is 19.2. The number of fused-ring (bicyclic) bond motifs is 1. The van der Waals surface area contributed by atoms with E-state index in [-0.39, 0.29) is 11.7 Å². The van der Waals surface area contributed by atoms with Gasteiger partial charge in [0.1, 0.15) is 0 Å². The minimum atomic E-state index is -3.15. The molecule has 0 aromatic carbocycles. The van der Waals surface area contributed by atoms with Gasteiger partial charge in [0.2, 0.25) is 16.0 Å². The largest absolute Gasteiger partial charge is 0.378 e. The summed E-state index contributed by atoms with van der Waals surface area (Å²) in [6.07, 6.45) is 7.27. The predicted octanol–water partition coefficient (Wildman–Crippen LogP) is 0.0724. The molecule has 5 heterocycles. The fraction of sp³-hybridized carbons (Fsp3) is 0.524. The fourth-order valence-electron chi connectivity index (χ4n) is 4.28. The molecule has 0 atom stereocenters. The monoisotopic (exact) mass is 487 g/mol. The van der Waals surface area contributed by atoms with E-state index in [1.165, 1.54) is 0 Å². The Labute approximate surface area is 198 Å². The molecule has 0 bridgehead atoms. The van der Waals surface area contributed by atoms with E-state index in [0.717, 1.165) is 41.5 Å². The maximum Gasteiger partial charge on any atom is 0.219 e. The van der Waals surface area contributed by atoms with Crippen LogP contribution in [0.1, 0.15) is 12.6 Å². The van der Waals surface area contributed by atoms with E-state index in [2.05, 4.69) is 19.8 Å². The molecule has 12 nitrogen and oxygen atoms in total. The van der Waals surface area contributed by atoms with E-state index in [1.54, 1.807) is 23.6 Å². The van der Waals surface area contributed by atoms with Gasteiger partial charge in [-0.25, -0.2) is 28.4 Å². The highest BCUT2D eigenvalue weighted by Gasteiger charge is 2.26. The summed E-state index contributed by atoms with van der Waals surface area (Å²) in [5.74, 6) is 1.15. The number of morpholine rings is 1. The summed E-state index contributed by atoms with van der Waals surface area (Å²) in [5, 5.41) is 0. The molecule has 3 aromatic rings. The molecule has 0 spiro atoms. The van der Waals surface area contributed by atoms with E-state index in [9.17, 15) is 8.42 Å². The van der Waals surface area contributed by atoms with Gasteiger partial charge in [-0.05, 0) is 6.92 Å². The van der Waals surface area contributed by atoms with Gasteiger partial charge in [0.15, 0.2) is 11.5 Å². The molecule has 5 rings (SSSR count). The van der Waals surface area contributed by atoms with Gasteiger partial charge in [-0.1, -0.05) is 0 Å². The third-order valence-corrected chi connectivity index (χ3v) is 8.10. The van der Waals surface area contributed by atoms with Crippen LogP contribution in [0.4, 0.5) is 11.8 Å². The van der Waals surface area contributed by atoms with Crippen LogP contribution in [0.5, 0.6) is 0 Å². The first-order valence-corrected chi connectivity index (χ1v) is 13.0. The Morgan fingerprint density at radius 2 is 1.71 bits per heavy atom. The number of sulfonamides is 1. The first-order chi connectivity index (χ1) is 16.4. The molecule has 0 radical (unpaired) electrons. The van der Waals surface area contributed by atoms with Gasteiger partial charge >= 0.3 is 0 Å². The van der Waals surface area contributed by atoms with Gasteiger partial charge in [-0.2, -0.15) is 4.31 Å². The van der Waals surface area contributed by atoms with E-state index >= 15 is 0 Å². The maximum absolute atomic E-state index is 12.1. The summed E-state index contributed by atoms with van der Waals surface area (Å²) in [4.78, 5) is 22.4. The normalized spacial score (nSPS) is 18.6. The number of nitrogen functional groups attached to an aromatic ring is 1. The molecule has 182 valence electrons. The summed E-state index contributed by atoms with van der Waals surface area (Å²) < 4.78 is 33.4. The quantitative estimate of drug-likeness (QED) is 0.509. The first kappa shape index (κ1) is 22.9. The lowest BCUT2D eigenvalue weighted by molar-refractivity contribution is 0.122. The van der Waals surface area contributed by atoms with Crippen molar-refractivity contribution in [2.24, 2.45) is 0 Å². The average Bonchev–Trinajstić information content (AvgIpc) is 3.27. The molecule has 0 amide bonds. The van der Waals surface area contributed by atoms with Gasteiger partial charge in [0.05, 0.1) is 30.4 Å². The van der Waals surface area contributed by atoms with Crippen LogP contribution in [0.3, 0.4) is 0 Å². The van der Waals surface area contributed by atoms with Crippen molar-refractivity contribution in [3.63, 3.8) is 0 Å². The number of nitrogens with two attached hydrogens (primary N) is 1. The lowest BCUT2D eigenvalue weighted by Gasteiger charge is -2.33. The Morgan fingerprint density at radius 1 is 1.00 bits per heavy atom. The number of piperazine rings is 1. The first-order valence-electron chi connectivity index (χ1n) is 11.4. The molecule has 0 unspecified atom stereocenters. The second-order valence-corrected chi connectivity index (χ2v) is 10.7. The zero-order valence-corrected chi connectivity index (χ0v) is 20.0. The minimum absolute atomic E-state index is 0.137. The number of hydrogen-bond donors (Lipinski definition) is 1. The molecule has 2 aliphatic heterocycles. The lowest BCUT2D eigenvalue weighted by atomic mass is 10.2. The van der Waals surface area contributed by atoms with Crippen molar-refractivity contribution in [2.75, 3.05) is 68.9 Å². The third-order valence-electron chi connectivity index (χ3n) is 6.22. The molecule has 3 aromatic heterocycles. The minimum Gasteiger partial charge on any atom is -0.378 e. The van der Waals surface area contributed by atoms with Gasteiger partial charge in [0, 0.05) is 76.2 Å². The lowest BCUT2D eigenvalue weighted by Crippen LogP contribution is -2.48. The van der Waals surface area contributed by atoms with E-state index in [0.29, 0.717) is 45.9 Å². The van der Waals surface area contributed by atoms with Crippen LogP contribution < -0.4 is 10.6 Å². The van der Waals surface area contributed by atoms with Crippen LogP contribution in [-0.2, 0) is 21.3 Å². The van der Waals surface area contributed by atoms with Crippen molar-refractivity contribution in [1.29, 1.82) is 0 Å². The van der Waals surface area contributed by atoms with Crippen LogP contribution in [0.15, 0.2) is 24.8 Å². The molecule has 0 aliphatic carbocycles. The summed E-state index contributed by atoms with van der Waals surface area (Å²) in [5.41, 5.74) is 8.85. The van der Waals surface area contributed by atoms with Gasteiger partial charge in [-0.15, -0.1) is 0 Å². The SMILES string of the molecule is CCS(=O)(=O)N1CCN(Cc2cn3cc(-c4cnc(N)nc4)nc(N4CCOCC4)c3n2)CC1. The highest BCUT2D eigenvalue weighted by Crippen LogP contribution is 2.26. The van der Waals surface area contributed by atoms with Crippen molar-refractivity contribution in [3.05, 3.63) is 30.5 Å². The number of ether oxygens (including phenoxy) is 1. The van der Waals surface area contributed by atoms with Gasteiger partial charge in [-0.3, -0.25) is 4.90 Å². The molecule has 34 heavy (non-hydrogen) atoms. The Bertz CT molecular complexity index is 1250. The third kappa shape index (κ3) is 4.69. The number of anilines is 2. The average molecular weight is 488 g/mol. The Hall–Kier alpha value is -2.87. The van der Waals surface area contributed by atoms with E-state index in [4.69, 9.17) is 20.4 Å². The molecule has 13 heteroatoms. The molecular formula is C21H29N9O3S. The van der Waals surface area contributed by atoms with Crippen LogP contribution in [0.25, 0.3) is 16.9 Å². The molecule has 2 aliphatic rings. The van der Waals surface area contributed by atoms with Crippen molar-refractivity contribution >= 4 is 27.4 Å². The smallest absolute Gasteiger partial charge is 0.219 e. The summed E-state index contributed by atoms with van der Waals surface area (Å²) >= 11 is 0. The van der Waals surface area contributed by atoms with Crippen LogP contribution in [0, 0.1) is 0 Å². The number of rotatable bonds is 6. The summed E-state index contributed by atoms with van der Waals surface area (Å²) in [7, 11) is -3.15. The predicted molar refractivity (Wildman–Crippen MR) is 128 cm³/mol. The molecule has 2 N–H and O–H groups in total. The van der Waals surface area contributed by atoms with Gasteiger partial charge < -0.3 is 19.8 Å². The summed E-state index contributed by atoms with van der Waals surface area (Å²) in [6, 6.07) is 0. The number of hydrogen-bond acceptors (Lipinski definition) is 10. The number of aromatic nitrogens is 5. The molecule has 2 fully saturated rings. The van der Waals surface area contributed by atoms with Crippen LogP contribution in [-0.4, -0.2) is 100 Å². The van der Waals surface area contributed by atoms with Crippen molar-refractivity contribution < 1.29 is 13.2 Å². The fourth-order valence-corrected chi connectivity index (χ4v) is 5.37. The Balaban J connectivity index is 1.42. The van der Waals surface area contributed by atoms with Crippen molar-refractivity contribution in [3.8, 4) is 11.3 Å². The molecule has 2 saturated heterocycles. The molecular weight excluding hydrogens is 458 g/mol. The topological polar surface area (TPSA) is 135 Å².